The molecule has 0 aromatic rings. The van der Waals surface area contributed by atoms with Crippen molar-refractivity contribution < 1.29 is 0 Å². The first-order valence-electron chi connectivity index (χ1n) is 0.712. The van der Waals surface area contributed by atoms with Crippen molar-refractivity contribution in [3.05, 3.63) is 0 Å². The third-order valence-corrected chi connectivity index (χ3v) is 0.520. The Labute approximate surface area is 31.0 Å². The number of hydrogen-bond acceptors (Lipinski definition) is 1. The van der Waals surface area contributed by atoms with Crippen molar-refractivity contribution in [1.29, 1.82) is 0 Å². The van der Waals surface area contributed by atoms with Crippen LogP contribution in [0.4, 0.5) is 0 Å². The number of terminal acetylenes is 1. The second kappa shape index (κ2) is 3.34. The molecule has 0 aliphatic rings. The fourth-order valence-electron chi connectivity index (χ4n) is 0. The van der Waals surface area contributed by atoms with Crippen molar-refractivity contribution in [1.82, 2.24) is 0 Å². The summed E-state index contributed by atoms with van der Waals surface area (Å²) in [5, 5.41) is 2.27. The molecule has 0 aliphatic carbocycles. The molecule has 0 saturated carbocycles. The Bertz CT molecular complexity index is 61.0. The molecule has 0 aromatic carbocycles. The summed E-state index contributed by atoms with van der Waals surface area (Å²) < 4.78 is 0. The zero-order valence-electron chi connectivity index (χ0n) is 1.97. The van der Waals surface area contributed by atoms with Gasteiger partial charge in [-0.15, -0.1) is 0 Å². The summed E-state index contributed by atoms with van der Waals surface area (Å²) in [6.07, 6.45) is 4.69. The minimum atomic E-state index is 0.721. The van der Waals surface area contributed by atoms with Crippen LogP contribution in [0.2, 0.25) is 0 Å². The average Bonchev–Trinajstić information content (AvgIpc) is 1.37. The monoisotopic (exact) mass is 89.0 g/mol. The van der Waals surface area contributed by atoms with Crippen LogP contribution in [0.25, 0.3) is 0 Å². The van der Waals surface area contributed by atoms with Gasteiger partial charge in [0.1, 0.15) is 0 Å². The molecule has 0 nitrogen and oxygen atoms in total. The first-order chi connectivity index (χ1) is 1.91. The van der Waals surface area contributed by atoms with Crippen molar-refractivity contribution in [2.45, 2.75) is 0 Å². The second-order valence-electron chi connectivity index (χ2n) is 0.229. The molecule has 0 radical (unpaired) electrons. The molecule has 0 amide bonds. The maximum absolute atomic E-state index is 4.69. The molecule has 0 spiro atoms. The van der Waals surface area contributed by atoms with Crippen LogP contribution < -0.4 is 0 Å². The van der Waals surface area contributed by atoms with Crippen molar-refractivity contribution in [3.63, 3.8) is 0 Å². The summed E-state index contributed by atoms with van der Waals surface area (Å²) in [6.45, 7) is 0. The van der Waals surface area contributed by atoms with E-state index >= 15 is 0 Å². The van der Waals surface area contributed by atoms with Gasteiger partial charge >= 0.3 is 30.2 Å². The van der Waals surface area contributed by atoms with E-state index in [1.165, 1.54) is 0 Å². The number of hydrogen-bond donors (Lipinski definition) is 0. The van der Waals surface area contributed by atoms with Crippen LogP contribution in [0.15, 0.2) is 0 Å². The molecule has 0 atom stereocenters. The van der Waals surface area contributed by atoms with Gasteiger partial charge in [-0.25, -0.2) is 0 Å². The zero-order chi connectivity index (χ0) is 3.41. The van der Waals surface area contributed by atoms with E-state index in [-0.39, 0.29) is 0 Å². The van der Waals surface area contributed by atoms with Crippen molar-refractivity contribution in [2.24, 2.45) is 0 Å². The van der Waals surface area contributed by atoms with E-state index in [1.54, 1.807) is 0 Å². The average molecular weight is 89.1 g/mol. The zero-order valence-corrected chi connectivity index (χ0v) is 3.76. The predicted octanol–water partition coefficient (Wildman–Crippen LogP) is 0.718. The molecule has 0 rings (SSSR count). The Balaban J connectivity index is 3.14. The van der Waals surface area contributed by atoms with E-state index in [1.807, 2.05) is 0 Å². The Kier molecular flexibility index (Phi) is 3.62. The van der Waals surface area contributed by atoms with Crippen molar-refractivity contribution in [3.8, 4) is 11.7 Å². The molecule has 0 fully saturated rings. The molecule has 0 unspecified atom stereocenters. The normalized spacial score (nSPS) is 4.50. The Morgan fingerprint density at radius 1 is 2.00 bits per heavy atom. The third-order valence-electron chi connectivity index (χ3n) is 0.0577. The number of rotatable bonds is 0. The van der Waals surface area contributed by atoms with Gasteiger partial charge in [-0.3, -0.25) is 0 Å². The van der Waals surface area contributed by atoms with E-state index < -0.39 is 0 Å². The van der Waals surface area contributed by atoms with Crippen molar-refractivity contribution in [2.75, 3.05) is 0 Å². The molecule has 22 valence electrons. The second-order valence-corrected chi connectivity index (χ2v) is 1.29. The van der Waals surface area contributed by atoms with Crippen LogP contribution in [-0.2, 0) is 10.7 Å². The van der Waals surface area contributed by atoms with Crippen LogP contribution in [0.5, 0.6) is 0 Å². The first-order valence-corrected chi connectivity index (χ1v) is 2.76. The van der Waals surface area contributed by atoms with Gasteiger partial charge in [-0.1, -0.05) is 0 Å². The van der Waals surface area contributed by atoms with Gasteiger partial charge < -0.3 is 0 Å². The molecule has 4 heavy (non-hydrogen) atoms. The summed E-state index contributed by atoms with van der Waals surface area (Å²) in [6, 6.07) is 0. The van der Waals surface area contributed by atoms with Gasteiger partial charge in [0.2, 0.25) is 0 Å². The van der Waals surface area contributed by atoms with E-state index in [2.05, 4.69) is 19.5 Å². The molecule has 2 heteroatoms. The van der Waals surface area contributed by atoms with Crippen LogP contribution in [-0.4, -0.2) is 0 Å². The van der Waals surface area contributed by atoms with Crippen LogP contribution in [0.3, 0.4) is 0 Å². The molecule has 0 bridgehead atoms. The molecule has 0 aromatic heterocycles. The van der Waals surface area contributed by atoms with Gasteiger partial charge in [0, 0.05) is 0 Å². The van der Waals surface area contributed by atoms with Gasteiger partial charge in [-0.05, 0) is 0 Å². The van der Waals surface area contributed by atoms with Gasteiger partial charge in [0.05, 0.1) is 0 Å². The molecule has 0 saturated heterocycles. The molecule has 0 aliphatic heterocycles. The van der Waals surface area contributed by atoms with Crippen LogP contribution >= 0.6 is 7.81 Å². The first kappa shape index (κ1) is 4.34. The van der Waals surface area contributed by atoms with Crippen molar-refractivity contribution >= 4 is 18.6 Å². The fourth-order valence-corrected chi connectivity index (χ4v) is 0. The number of thiol groups is 1. The third kappa shape index (κ3) is 2.34. The molecular weight excluding hydrogens is 87.1 g/mol. The molecule has 0 heterocycles. The molecule has 0 N–H and O–H groups in total. The SMILES string of the molecule is C#C[SH-]#P. The van der Waals surface area contributed by atoms with E-state index in [9.17, 15) is 0 Å². The Morgan fingerprint density at radius 2 is 2.25 bits per heavy atom. The Hall–Kier alpha value is 0.340. The Morgan fingerprint density at radius 3 is 2.25 bits per heavy atom. The minimum absolute atomic E-state index is 0.721. The predicted molar refractivity (Wildman–Crippen MR) is 24.5 cm³/mol. The quantitative estimate of drug-likeness (QED) is 0.177. The summed E-state index contributed by atoms with van der Waals surface area (Å²) >= 11 is 0. The van der Waals surface area contributed by atoms with Gasteiger partial charge in [-0.2, -0.15) is 0 Å². The van der Waals surface area contributed by atoms with Crippen LogP contribution in [0, 0.1) is 11.7 Å². The standard InChI is InChI=1S/C2H2PS/c1-2-4-3/h1,4H/q-1. The summed E-state index contributed by atoms with van der Waals surface area (Å²) in [7, 11) is 4.38. The summed E-state index contributed by atoms with van der Waals surface area (Å²) in [5.74, 6) is 0. The topological polar surface area (TPSA) is 0 Å². The maximum atomic E-state index is 4.69. The van der Waals surface area contributed by atoms with Gasteiger partial charge in [0.25, 0.3) is 0 Å². The molecular formula is C2H2PS-. The van der Waals surface area contributed by atoms with E-state index in [0.717, 1.165) is 10.7 Å². The summed E-state index contributed by atoms with van der Waals surface area (Å²) in [4.78, 5) is 0. The summed E-state index contributed by atoms with van der Waals surface area (Å²) in [5.41, 5.74) is 0. The van der Waals surface area contributed by atoms with E-state index in [0.29, 0.717) is 0 Å². The van der Waals surface area contributed by atoms with E-state index in [4.69, 9.17) is 0 Å². The van der Waals surface area contributed by atoms with Gasteiger partial charge in [0.15, 0.2) is 0 Å². The van der Waals surface area contributed by atoms with Crippen LogP contribution in [0.1, 0.15) is 0 Å². The fraction of sp³-hybridized carbons (Fsp3) is 0.